The molecule has 1 amide bonds. The van der Waals surface area contributed by atoms with Crippen molar-refractivity contribution in [3.8, 4) is 0 Å². The number of rotatable bonds is 5. The molecule has 2 rings (SSSR count). The van der Waals surface area contributed by atoms with Crippen molar-refractivity contribution in [2.45, 2.75) is 26.2 Å². The van der Waals surface area contributed by atoms with Gasteiger partial charge in [0.1, 0.15) is 0 Å². The highest BCUT2D eigenvalue weighted by Crippen LogP contribution is 2.21. The number of non-ortho nitro benzene ring substituents is 1. The minimum atomic E-state index is -0.516. The van der Waals surface area contributed by atoms with E-state index in [1.54, 1.807) is 6.07 Å². The van der Waals surface area contributed by atoms with Crippen LogP contribution < -0.4 is 5.32 Å². The minimum Gasteiger partial charge on any atom is -0.322 e. The van der Waals surface area contributed by atoms with Gasteiger partial charge >= 0.3 is 0 Å². The number of hydrogen-bond donors (Lipinski definition) is 1. The van der Waals surface area contributed by atoms with Gasteiger partial charge in [0.25, 0.3) is 11.6 Å². The van der Waals surface area contributed by atoms with Crippen LogP contribution in [0, 0.1) is 10.1 Å². The van der Waals surface area contributed by atoms with E-state index in [1.807, 2.05) is 24.3 Å². The molecule has 0 aliphatic heterocycles. The van der Waals surface area contributed by atoms with E-state index in [0.717, 1.165) is 6.42 Å². The summed E-state index contributed by atoms with van der Waals surface area (Å²) >= 11 is 0. The fourth-order valence-corrected chi connectivity index (χ4v) is 2.09. The second-order valence-corrected chi connectivity index (χ2v) is 5.19. The van der Waals surface area contributed by atoms with Crippen molar-refractivity contribution >= 4 is 17.3 Å². The van der Waals surface area contributed by atoms with Gasteiger partial charge in [-0.3, -0.25) is 14.9 Å². The lowest BCUT2D eigenvalue weighted by Crippen LogP contribution is -2.12. The first kappa shape index (κ1) is 15.7. The molecule has 1 N–H and O–H groups in total. The number of nitrogens with zero attached hydrogens (tertiary/aromatic N) is 1. The second kappa shape index (κ2) is 6.85. The lowest BCUT2D eigenvalue weighted by Gasteiger charge is -2.10. The number of anilines is 1. The van der Waals surface area contributed by atoms with Gasteiger partial charge in [0, 0.05) is 23.4 Å². The van der Waals surface area contributed by atoms with Crippen molar-refractivity contribution in [3.63, 3.8) is 0 Å². The molecule has 0 bridgehead atoms. The van der Waals surface area contributed by atoms with Crippen molar-refractivity contribution in [2.75, 3.05) is 5.32 Å². The van der Waals surface area contributed by atoms with E-state index in [2.05, 4.69) is 19.2 Å². The van der Waals surface area contributed by atoms with E-state index < -0.39 is 4.92 Å². The van der Waals surface area contributed by atoms with Crippen LogP contribution in [-0.2, 0) is 0 Å². The first-order chi connectivity index (χ1) is 10.5. The molecule has 0 saturated carbocycles. The Morgan fingerprint density at radius 1 is 1.23 bits per heavy atom. The van der Waals surface area contributed by atoms with E-state index in [1.165, 1.54) is 23.8 Å². The van der Waals surface area contributed by atoms with Crippen LogP contribution in [0.4, 0.5) is 11.4 Å². The maximum atomic E-state index is 12.1. The maximum absolute atomic E-state index is 12.1. The zero-order valence-corrected chi connectivity index (χ0v) is 12.6. The van der Waals surface area contributed by atoms with Gasteiger partial charge in [0.15, 0.2) is 0 Å². The number of nitro benzene ring substituents is 1. The Morgan fingerprint density at radius 2 is 1.91 bits per heavy atom. The molecule has 0 aliphatic carbocycles. The quantitative estimate of drug-likeness (QED) is 0.658. The smallest absolute Gasteiger partial charge is 0.270 e. The standard InChI is InChI=1S/C17H18N2O3/c1-3-12(2)13-7-9-15(10-8-13)18-17(20)14-5-4-6-16(11-14)19(21)22/h4-12H,3H2,1-2H3,(H,18,20)/t12-/m1/s1. The number of carbonyl (C=O) groups is 1. The molecule has 0 saturated heterocycles. The fraction of sp³-hybridized carbons (Fsp3) is 0.235. The Morgan fingerprint density at radius 3 is 2.50 bits per heavy atom. The van der Waals surface area contributed by atoms with E-state index >= 15 is 0 Å². The van der Waals surface area contributed by atoms with Gasteiger partial charge in [-0.05, 0) is 36.1 Å². The van der Waals surface area contributed by atoms with Crippen molar-refractivity contribution in [1.29, 1.82) is 0 Å². The van der Waals surface area contributed by atoms with Crippen LogP contribution in [0.15, 0.2) is 48.5 Å². The molecule has 2 aromatic rings. The predicted octanol–water partition coefficient (Wildman–Crippen LogP) is 4.36. The molecular weight excluding hydrogens is 280 g/mol. The largest absolute Gasteiger partial charge is 0.322 e. The minimum absolute atomic E-state index is 0.0974. The Hall–Kier alpha value is -2.69. The summed E-state index contributed by atoms with van der Waals surface area (Å²) < 4.78 is 0. The third-order valence-corrected chi connectivity index (χ3v) is 3.67. The zero-order chi connectivity index (χ0) is 16.1. The van der Waals surface area contributed by atoms with Crippen molar-refractivity contribution in [2.24, 2.45) is 0 Å². The Labute approximate surface area is 129 Å². The van der Waals surface area contributed by atoms with Gasteiger partial charge < -0.3 is 5.32 Å². The summed E-state index contributed by atoms with van der Waals surface area (Å²) in [5.41, 5.74) is 2.05. The Kier molecular flexibility index (Phi) is 4.88. The Bertz CT molecular complexity index is 681. The van der Waals surface area contributed by atoms with Crippen LogP contribution in [0.3, 0.4) is 0 Å². The maximum Gasteiger partial charge on any atom is 0.270 e. The highest BCUT2D eigenvalue weighted by atomic mass is 16.6. The lowest BCUT2D eigenvalue weighted by molar-refractivity contribution is -0.384. The first-order valence-corrected chi connectivity index (χ1v) is 7.17. The highest BCUT2D eigenvalue weighted by Gasteiger charge is 2.12. The summed E-state index contributed by atoms with van der Waals surface area (Å²) in [4.78, 5) is 22.4. The second-order valence-electron chi connectivity index (χ2n) is 5.19. The average Bonchev–Trinajstić information content (AvgIpc) is 2.54. The summed E-state index contributed by atoms with van der Waals surface area (Å²) in [6.07, 6.45) is 1.05. The van der Waals surface area contributed by atoms with E-state index in [-0.39, 0.29) is 17.2 Å². The van der Waals surface area contributed by atoms with E-state index in [9.17, 15) is 14.9 Å². The number of carbonyl (C=O) groups excluding carboxylic acids is 1. The molecule has 22 heavy (non-hydrogen) atoms. The molecular formula is C17H18N2O3. The van der Waals surface area contributed by atoms with Crippen LogP contribution in [0.5, 0.6) is 0 Å². The summed E-state index contributed by atoms with van der Waals surface area (Å²) in [7, 11) is 0. The van der Waals surface area contributed by atoms with Crippen molar-refractivity contribution < 1.29 is 9.72 Å². The molecule has 0 unspecified atom stereocenters. The SMILES string of the molecule is CC[C@@H](C)c1ccc(NC(=O)c2cccc([N+](=O)[O-])c2)cc1. The monoisotopic (exact) mass is 298 g/mol. The average molecular weight is 298 g/mol. The molecule has 0 aromatic heterocycles. The summed E-state index contributed by atoms with van der Waals surface area (Å²) in [5, 5.41) is 13.5. The van der Waals surface area contributed by atoms with Crippen LogP contribution in [0.25, 0.3) is 0 Å². The molecule has 0 spiro atoms. The van der Waals surface area contributed by atoms with Crippen LogP contribution in [0.1, 0.15) is 42.1 Å². The molecule has 0 heterocycles. The molecule has 114 valence electrons. The van der Waals surface area contributed by atoms with Gasteiger partial charge in [-0.2, -0.15) is 0 Å². The van der Waals surface area contributed by atoms with Crippen LogP contribution >= 0.6 is 0 Å². The lowest BCUT2D eigenvalue weighted by atomic mass is 9.98. The molecule has 5 nitrogen and oxygen atoms in total. The van der Waals surface area contributed by atoms with Gasteiger partial charge in [-0.15, -0.1) is 0 Å². The van der Waals surface area contributed by atoms with E-state index in [0.29, 0.717) is 11.6 Å². The third-order valence-electron chi connectivity index (χ3n) is 3.67. The zero-order valence-electron chi connectivity index (χ0n) is 12.6. The topological polar surface area (TPSA) is 72.2 Å². The molecule has 5 heteroatoms. The summed E-state index contributed by atoms with van der Waals surface area (Å²) in [6, 6.07) is 13.3. The van der Waals surface area contributed by atoms with E-state index in [4.69, 9.17) is 0 Å². The number of nitrogens with one attached hydrogen (secondary N) is 1. The fourth-order valence-electron chi connectivity index (χ4n) is 2.09. The van der Waals surface area contributed by atoms with Crippen LogP contribution in [0.2, 0.25) is 0 Å². The molecule has 0 fully saturated rings. The van der Waals surface area contributed by atoms with Gasteiger partial charge in [0.05, 0.1) is 4.92 Å². The van der Waals surface area contributed by atoms with Crippen molar-refractivity contribution in [1.82, 2.24) is 0 Å². The number of nitro groups is 1. The molecule has 0 aliphatic rings. The predicted molar refractivity (Wildman–Crippen MR) is 86.2 cm³/mol. The van der Waals surface area contributed by atoms with Crippen LogP contribution in [-0.4, -0.2) is 10.8 Å². The molecule has 1 atom stereocenters. The summed E-state index contributed by atoms with van der Waals surface area (Å²) in [5.74, 6) is 0.113. The van der Waals surface area contributed by atoms with Gasteiger partial charge in [-0.25, -0.2) is 0 Å². The number of benzene rings is 2. The van der Waals surface area contributed by atoms with Gasteiger partial charge in [0.2, 0.25) is 0 Å². The first-order valence-electron chi connectivity index (χ1n) is 7.17. The summed E-state index contributed by atoms with van der Waals surface area (Å²) in [6.45, 7) is 4.28. The Balaban J connectivity index is 2.12. The number of hydrogen-bond acceptors (Lipinski definition) is 3. The van der Waals surface area contributed by atoms with Crippen molar-refractivity contribution in [3.05, 3.63) is 69.8 Å². The molecule has 2 aromatic carbocycles. The highest BCUT2D eigenvalue weighted by molar-refractivity contribution is 6.04. The molecule has 0 radical (unpaired) electrons. The third kappa shape index (κ3) is 3.69. The van der Waals surface area contributed by atoms with Gasteiger partial charge in [-0.1, -0.05) is 32.0 Å². The number of amides is 1. The normalized spacial score (nSPS) is 11.7.